The lowest BCUT2D eigenvalue weighted by atomic mass is 9.99. The summed E-state index contributed by atoms with van der Waals surface area (Å²) < 4.78 is 53.7. The Hall–Kier alpha value is -2.28. The Morgan fingerprint density at radius 3 is 2.60 bits per heavy atom. The first-order chi connectivity index (χ1) is 14.3. The SMILES string of the molecule is O=C(Nc1ccc(F)cc1F)c1nnc(C2CCN(S(=O)(=O)c3cccs3)CC2)s1. The van der Waals surface area contributed by atoms with Crippen LogP contribution in [-0.4, -0.2) is 41.9 Å². The van der Waals surface area contributed by atoms with Crippen molar-refractivity contribution in [2.75, 3.05) is 18.4 Å². The van der Waals surface area contributed by atoms with Crippen LogP contribution in [0, 0.1) is 11.6 Å². The molecule has 1 amide bonds. The van der Waals surface area contributed by atoms with E-state index in [2.05, 4.69) is 15.5 Å². The van der Waals surface area contributed by atoms with Crippen LogP contribution >= 0.6 is 22.7 Å². The van der Waals surface area contributed by atoms with Crippen molar-refractivity contribution in [2.45, 2.75) is 23.0 Å². The molecule has 3 aromatic rings. The van der Waals surface area contributed by atoms with Gasteiger partial charge in [-0.3, -0.25) is 4.79 Å². The number of piperidine rings is 1. The number of benzene rings is 1. The zero-order chi connectivity index (χ0) is 21.3. The van der Waals surface area contributed by atoms with Gasteiger partial charge in [0, 0.05) is 25.1 Å². The average Bonchev–Trinajstić information content (AvgIpc) is 3.43. The van der Waals surface area contributed by atoms with Gasteiger partial charge >= 0.3 is 0 Å². The van der Waals surface area contributed by atoms with Gasteiger partial charge < -0.3 is 5.32 Å². The van der Waals surface area contributed by atoms with Gasteiger partial charge in [0.25, 0.3) is 15.9 Å². The molecule has 1 aromatic carbocycles. The lowest BCUT2D eigenvalue weighted by molar-refractivity contribution is 0.102. The highest BCUT2D eigenvalue weighted by Crippen LogP contribution is 2.33. The van der Waals surface area contributed by atoms with Gasteiger partial charge in [0.05, 0.1) is 5.69 Å². The Morgan fingerprint density at radius 2 is 1.93 bits per heavy atom. The van der Waals surface area contributed by atoms with E-state index in [0.717, 1.165) is 23.5 Å². The molecule has 1 aliphatic heterocycles. The summed E-state index contributed by atoms with van der Waals surface area (Å²) in [6, 6.07) is 6.15. The number of nitrogens with zero attached hydrogens (tertiary/aromatic N) is 3. The van der Waals surface area contributed by atoms with Crippen LogP contribution in [0.25, 0.3) is 0 Å². The molecule has 1 N–H and O–H groups in total. The third-order valence-corrected chi connectivity index (χ3v) is 9.06. The zero-order valence-corrected chi connectivity index (χ0v) is 17.9. The number of carbonyl (C=O) groups excluding carboxylic acids is 1. The number of anilines is 1. The fourth-order valence-electron chi connectivity index (χ4n) is 3.14. The molecule has 3 heterocycles. The number of hydrogen-bond acceptors (Lipinski definition) is 7. The molecule has 0 spiro atoms. The highest BCUT2D eigenvalue weighted by Gasteiger charge is 2.32. The minimum absolute atomic E-state index is 0.0126. The third kappa shape index (κ3) is 4.26. The van der Waals surface area contributed by atoms with Crippen LogP contribution in [0.3, 0.4) is 0 Å². The minimum atomic E-state index is -3.48. The maximum Gasteiger partial charge on any atom is 0.286 e. The number of thiophene rings is 1. The Balaban J connectivity index is 1.39. The van der Waals surface area contributed by atoms with Gasteiger partial charge in [-0.1, -0.05) is 17.4 Å². The Bertz CT molecular complexity index is 1160. The summed E-state index contributed by atoms with van der Waals surface area (Å²) in [6.45, 7) is 0.708. The van der Waals surface area contributed by atoms with E-state index in [-0.39, 0.29) is 16.6 Å². The maximum atomic E-state index is 13.7. The van der Waals surface area contributed by atoms with Gasteiger partial charge in [-0.05, 0) is 36.4 Å². The van der Waals surface area contributed by atoms with E-state index in [4.69, 9.17) is 0 Å². The Labute approximate surface area is 179 Å². The molecule has 1 saturated heterocycles. The second-order valence-corrected chi connectivity index (χ2v) is 10.8. The second kappa shape index (κ2) is 8.46. The Kier molecular flexibility index (Phi) is 5.91. The summed E-state index contributed by atoms with van der Waals surface area (Å²) in [5, 5.41) is 12.7. The van der Waals surface area contributed by atoms with Crippen LogP contribution < -0.4 is 5.32 Å². The van der Waals surface area contributed by atoms with E-state index < -0.39 is 27.6 Å². The van der Waals surface area contributed by atoms with Crippen molar-refractivity contribution in [2.24, 2.45) is 0 Å². The van der Waals surface area contributed by atoms with E-state index in [0.29, 0.717) is 41.2 Å². The fourth-order valence-corrected chi connectivity index (χ4v) is 6.66. The minimum Gasteiger partial charge on any atom is -0.317 e. The molecule has 158 valence electrons. The smallest absolute Gasteiger partial charge is 0.286 e. The average molecular weight is 471 g/mol. The molecule has 0 atom stereocenters. The second-order valence-electron chi connectivity index (χ2n) is 6.63. The summed E-state index contributed by atoms with van der Waals surface area (Å²) in [4.78, 5) is 12.3. The van der Waals surface area contributed by atoms with Crippen molar-refractivity contribution in [3.8, 4) is 0 Å². The molecular formula is C18H16F2N4O3S3. The molecule has 1 fully saturated rings. The molecule has 30 heavy (non-hydrogen) atoms. The molecule has 0 saturated carbocycles. The van der Waals surface area contributed by atoms with Crippen molar-refractivity contribution in [1.29, 1.82) is 0 Å². The zero-order valence-electron chi connectivity index (χ0n) is 15.4. The van der Waals surface area contributed by atoms with Crippen LogP contribution in [0.2, 0.25) is 0 Å². The van der Waals surface area contributed by atoms with E-state index >= 15 is 0 Å². The highest BCUT2D eigenvalue weighted by atomic mass is 32.2. The summed E-state index contributed by atoms with van der Waals surface area (Å²) in [7, 11) is -3.48. The molecule has 0 radical (unpaired) electrons. The van der Waals surface area contributed by atoms with Gasteiger partial charge in [-0.25, -0.2) is 17.2 Å². The molecule has 0 bridgehead atoms. The lowest BCUT2D eigenvalue weighted by Gasteiger charge is -2.29. The first kappa shape index (κ1) is 21.0. The van der Waals surface area contributed by atoms with Gasteiger partial charge in [-0.2, -0.15) is 4.31 Å². The number of amides is 1. The number of aromatic nitrogens is 2. The van der Waals surface area contributed by atoms with E-state index in [9.17, 15) is 22.0 Å². The van der Waals surface area contributed by atoms with Crippen molar-refractivity contribution in [3.63, 3.8) is 0 Å². The topological polar surface area (TPSA) is 92.3 Å². The van der Waals surface area contributed by atoms with Crippen LogP contribution in [-0.2, 0) is 10.0 Å². The molecule has 4 rings (SSSR count). The third-order valence-electron chi connectivity index (χ3n) is 4.71. The van der Waals surface area contributed by atoms with Crippen molar-refractivity contribution in [3.05, 3.63) is 57.4 Å². The van der Waals surface area contributed by atoms with Crippen LogP contribution in [0.5, 0.6) is 0 Å². The highest BCUT2D eigenvalue weighted by molar-refractivity contribution is 7.91. The predicted octanol–water partition coefficient (Wildman–Crippen LogP) is 3.70. The molecule has 2 aromatic heterocycles. The number of hydrogen-bond donors (Lipinski definition) is 1. The van der Waals surface area contributed by atoms with E-state index in [1.165, 1.54) is 15.6 Å². The summed E-state index contributed by atoms with van der Waals surface area (Å²) in [6.07, 6.45) is 1.13. The number of halogens is 2. The lowest BCUT2D eigenvalue weighted by Crippen LogP contribution is -2.37. The first-order valence-corrected chi connectivity index (χ1v) is 12.1. The summed E-state index contributed by atoms with van der Waals surface area (Å²) >= 11 is 2.27. The van der Waals surface area contributed by atoms with Gasteiger partial charge in [0.15, 0.2) is 0 Å². The van der Waals surface area contributed by atoms with Gasteiger partial charge in [0.2, 0.25) is 5.01 Å². The van der Waals surface area contributed by atoms with E-state index in [1.807, 2.05) is 0 Å². The van der Waals surface area contributed by atoms with Crippen LogP contribution in [0.15, 0.2) is 39.9 Å². The van der Waals surface area contributed by atoms with Gasteiger partial charge in [-0.15, -0.1) is 21.5 Å². The maximum absolute atomic E-state index is 13.7. The van der Waals surface area contributed by atoms with Crippen LogP contribution in [0.4, 0.5) is 14.5 Å². The molecule has 7 nitrogen and oxygen atoms in total. The monoisotopic (exact) mass is 470 g/mol. The van der Waals surface area contributed by atoms with E-state index in [1.54, 1.807) is 17.5 Å². The van der Waals surface area contributed by atoms with Gasteiger partial charge in [0.1, 0.15) is 20.9 Å². The quantitative estimate of drug-likeness (QED) is 0.614. The van der Waals surface area contributed by atoms with Crippen molar-refractivity contribution < 1.29 is 22.0 Å². The molecule has 12 heteroatoms. The predicted molar refractivity (Wildman–Crippen MR) is 109 cm³/mol. The number of carbonyl (C=O) groups is 1. The normalized spacial score (nSPS) is 15.9. The van der Waals surface area contributed by atoms with Crippen molar-refractivity contribution in [1.82, 2.24) is 14.5 Å². The standard InChI is InChI=1S/C18H16F2N4O3S3/c19-12-3-4-14(13(20)10-12)21-16(25)18-23-22-17(29-18)11-5-7-24(8-6-11)30(26,27)15-2-1-9-28-15/h1-4,9-11H,5-8H2,(H,21,25). The number of nitrogens with one attached hydrogen (secondary N) is 1. The van der Waals surface area contributed by atoms with Crippen LogP contribution in [0.1, 0.15) is 33.6 Å². The first-order valence-electron chi connectivity index (χ1n) is 8.98. The van der Waals surface area contributed by atoms with Crippen molar-refractivity contribution >= 4 is 44.3 Å². The molecular weight excluding hydrogens is 454 g/mol. The molecule has 1 aliphatic rings. The largest absolute Gasteiger partial charge is 0.317 e. The molecule has 0 aliphatic carbocycles. The number of sulfonamides is 1. The fraction of sp³-hybridized carbons (Fsp3) is 0.278. The number of rotatable bonds is 5. The summed E-state index contributed by atoms with van der Waals surface area (Å²) in [5.74, 6) is -2.27. The summed E-state index contributed by atoms with van der Waals surface area (Å²) in [5.41, 5.74) is -0.148. The Morgan fingerprint density at radius 1 is 1.17 bits per heavy atom. The molecule has 0 unspecified atom stereocenters.